The standard InChI is InChI=1S/C17H20N2O4S/c1-11(14-6-3-7-23-14)18-16(21)13-5-2-4-12(8-13)9-19-15(20)10-24-17(19)22/h2,4-5,8,11,14H,3,6-7,9-10H2,1H3,(H,18,21)/t11-,14-/m1/s1. The minimum Gasteiger partial charge on any atom is -0.376 e. The van der Waals surface area contributed by atoms with Gasteiger partial charge in [-0.25, -0.2) is 0 Å². The van der Waals surface area contributed by atoms with Crippen molar-refractivity contribution in [3.63, 3.8) is 0 Å². The largest absolute Gasteiger partial charge is 0.376 e. The molecule has 2 fully saturated rings. The molecule has 6 nitrogen and oxygen atoms in total. The third-order valence-corrected chi connectivity index (χ3v) is 5.11. The van der Waals surface area contributed by atoms with Gasteiger partial charge in [0.05, 0.1) is 24.4 Å². The summed E-state index contributed by atoms with van der Waals surface area (Å²) in [6, 6.07) is 6.97. The zero-order chi connectivity index (χ0) is 17.1. The summed E-state index contributed by atoms with van der Waals surface area (Å²) in [5.41, 5.74) is 1.28. The molecule has 2 heterocycles. The number of amides is 3. The number of rotatable bonds is 5. The Morgan fingerprint density at radius 1 is 1.46 bits per heavy atom. The van der Waals surface area contributed by atoms with Gasteiger partial charge in [0.15, 0.2) is 0 Å². The molecule has 0 unspecified atom stereocenters. The lowest BCUT2D eigenvalue weighted by Crippen LogP contribution is -2.40. The summed E-state index contributed by atoms with van der Waals surface area (Å²) < 4.78 is 5.59. The Kier molecular flexibility index (Phi) is 5.20. The van der Waals surface area contributed by atoms with Gasteiger partial charge in [0, 0.05) is 12.2 Å². The van der Waals surface area contributed by atoms with E-state index >= 15 is 0 Å². The number of hydrogen-bond donors (Lipinski definition) is 1. The maximum atomic E-state index is 12.4. The van der Waals surface area contributed by atoms with E-state index in [2.05, 4.69) is 5.32 Å². The Morgan fingerprint density at radius 3 is 2.96 bits per heavy atom. The fourth-order valence-corrected chi connectivity index (χ4v) is 3.63. The maximum absolute atomic E-state index is 12.4. The van der Waals surface area contributed by atoms with Gasteiger partial charge in [-0.05, 0) is 37.5 Å². The lowest BCUT2D eigenvalue weighted by atomic mass is 10.1. The van der Waals surface area contributed by atoms with E-state index in [4.69, 9.17) is 4.74 Å². The van der Waals surface area contributed by atoms with E-state index in [-0.39, 0.29) is 41.5 Å². The van der Waals surface area contributed by atoms with E-state index in [0.29, 0.717) is 5.56 Å². The van der Waals surface area contributed by atoms with Crippen LogP contribution >= 0.6 is 11.8 Å². The van der Waals surface area contributed by atoms with Gasteiger partial charge < -0.3 is 10.1 Å². The zero-order valence-electron chi connectivity index (χ0n) is 13.5. The maximum Gasteiger partial charge on any atom is 0.289 e. The van der Waals surface area contributed by atoms with E-state index < -0.39 is 0 Å². The molecule has 3 rings (SSSR count). The second kappa shape index (κ2) is 7.36. The number of carbonyl (C=O) groups is 3. The van der Waals surface area contributed by atoms with Crippen molar-refractivity contribution in [2.75, 3.05) is 12.4 Å². The number of carbonyl (C=O) groups excluding carboxylic acids is 3. The lowest BCUT2D eigenvalue weighted by Gasteiger charge is -2.20. The highest BCUT2D eigenvalue weighted by molar-refractivity contribution is 8.14. The molecule has 0 saturated carbocycles. The molecule has 1 aromatic carbocycles. The molecule has 0 spiro atoms. The van der Waals surface area contributed by atoms with Crippen LogP contribution in [-0.4, -0.2) is 46.5 Å². The van der Waals surface area contributed by atoms with Gasteiger partial charge in [-0.15, -0.1) is 0 Å². The molecule has 2 aliphatic rings. The SMILES string of the molecule is C[C@@H](NC(=O)c1cccc(CN2C(=O)CSC2=O)c1)[C@H]1CCCO1. The molecule has 2 saturated heterocycles. The Balaban J connectivity index is 1.64. The van der Waals surface area contributed by atoms with Crippen LogP contribution < -0.4 is 5.32 Å². The van der Waals surface area contributed by atoms with Crippen LogP contribution in [0.25, 0.3) is 0 Å². The first-order valence-electron chi connectivity index (χ1n) is 8.03. The van der Waals surface area contributed by atoms with Gasteiger partial charge in [-0.1, -0.05) is 23.9 Å². The van der Waals surface area contributed by atoms with Crippen LogP contribution in [0.5, 0.6) is 0 Å². The van der Waals surface area contributed by atoms with Gasteiger partial charge >= 0.3 is 0 Å². The first kappa shape index (κ1) is 17.0. The molecule has 0 aliphatic carbocycles. The average molecular weight is 348 g/mol. The van der Waals surface area contributed by atoms with Crippen molar-refractivity contribution in [2.24, 2.45) is 0 Å². The Hall–Kier alpha value is -1.86. The highest BCUT2D eigenvalue weighted by Gasteiger charge is 2.30. The molecule has 1 N–H and O–H groups in total. The highest BCUT2D eigenvalue weighted by Crippen LogP contribution is 2.21. The van der Waals surface area contributed by atoms with Crippen molar-refractivity contribution in [3.8, 4) is 0 Å². The lowest BCUT2D eigenvalue weighted by molar-refractivity contribution is -0.125. The summed E-state index contributed by atoms with van der Waals surface area (Å²) >= 11 is 1.01. The number of hydrogen-bond acceptors (Lipinski definition) is 5. The van der Waals surface area contributed by atoms with Crippen LogP contribution in [0.15, 0.2) is 24.3 Å². The minimum absolute atomic E-state index is 0.0539. The Bertz CT molecular complexity index is 642. The second-order valence-electron chi connectivity index (χ2n) is 6.05. The monoisotopic (exact) mass is 348 g/mol. The summed E-state index contributed by atoms with van der Waals surface area (Å²) in [4.78, 5) is 37.0. The summed E-state index contributed by atoms with van der Waals surface area (Å²) in [5, 5.41) is 2.73. The fraction of sp³-hybridized carbons (Fsp3) is 0.471. The average Bonchev–Trinajstić information content (AvgIpc) is 3.21. The van der Waals surface area contributed by atoms with Crippen LogP contribution in [-0.2, 0) is 16.1 Å². The van der Waals surface area contributed by atoms with Gasteiger partial charge in [-0.2, -0.15) is 0 Å². The molecule has 0 bridgehead atoms. The topological polar surface area (TPSA) is 75.7 Å². The van der Waals surface area contributed by atoms with Gasteiger partial charge in [0.2, 0.25) is 5.91 Å². The first-order chi connectivity index (χ1) is 11.5. The Morgan fingerprint density at radius 2 is 2.29 bits per heavy atom. The third kappa shape index (κ3) is 3.79. The van der Waals surface area contributed by atoms with Crippen molar-refractivity contribution >= 4 is 28.8 Å². The van der Waals surface area contributed by atoms with Crippen molar-refractivity contribution < 1.29 is 19.1 Å². The smallest absolute Gasteiger partial charge is 0.289 e. The van der Waals surface area contributed by atoms with Crippen LogP contribution in [0, 0.1) is 0 Å². The molecule has 2 atom stereocenters. The number of ether oxygens (including phenoxy) is 1. The zero-order valence-corrected chi connectivity index (χ0v) is 14.3. The molecule has 1 aromatic rings. The molecule has 0 aromatic heterocycles. The molecule has 24 heavy (non-hydrogen) atoms. The number of nitrogens with zero attached hydrogens (tertiary/aromatic N) is 1. The minimum atomic E-state index is -0.234. The number of thioether (sulfide) groups is 1. The Labute approximate surface area is 144 Å². The van der Waals surface area contributed by atoms with E-state index in [1.807, 2.05) is 13.0 Å². The van der Waals surface area contributed by atoms with Gasteiger partial charge in [0.1, 0.15) is 0 Å². The van der Waals surface area contributed by atoms with E-state index in [9.17, 15) is 14.4 Å². The van der Waals surface area contributed by atoms with Crippen molar-refractivity contribution in [3.05, 3.63) is 35.4 Å². The van der Waals surface area contributed by atoms with Crippen LogP contribution in [0.3, 0.4) is 0 Å². The van der Waals surface area contributed by atoms with E-state index in [0.717, 1.165) is 36.8 Å². The summed E-state index contributed by atoms with van der Waals surface area (Å²) in [6.07, 6.45) is 2.04. The summed E-state index contributed by atoms with van der Waals surface area (Å²) in [5.74, 6) is -0.169. The number of nitrogens with one attached hydrogen (secondary N) is 1. The number of benzene rings is 1. The summed E-state index contributed by atoms with van der Waals surface area (Å²) in [7, 11) is 0. The molecule has 0 radical (unpaired) electrons. The molecule has 2 aliphatic heterocycles. The van der Waals surface area contributed by atoms with Crippen LogP contribution in [0.2, 0.25) is 0 Å². The fourth-order valence-electron chi connectivity index (χ4n) is 2.91. The van der Waals surface area contributed by atoms with Crippen molar-refractivity contribution in [2.45, 2.75) is 38.5 Å². The molecule has 128 valence electrons. The molecule has 7 heteroatoms. The number of imide groups is 1. The van der Waals surface area contributed by atoms with Gasteiger partial charge in [0.25, 0.3) is 11.1 Å². The molecule has 3 amide bonds. The van der Waals surface area contributed by atoms with Crippen LogP contribution in [0.1, 0.15) is 35.7 Å². The second-order valence-corrected chi connectivity index (χ2v) is 6.98. The quantitative estimate of drug-likeness (QED) is 0.883. The molecular weight excluding hydrogens is 328 g/mol. The normalized spacial score (nSPS) is 22.0. The first-order valence-corrected chi connectivity index (χ1v) is 9.01. The van der Waals surface area contributed by atoms with E-state index in [1.165, 1.54) is 4.90 Å². The predicted molar refractivity (Wildman–Crippen MR) is 90.7 cm³/mol. The molecular formula is C17H20N2O4S. The highest BCUT2D eigenvalue weighted by atomic mass is 32.2. The van der Waals surface area contributed by atoms with Crippen LogP contribution in [0.4, 0.5) is 4.79 Å². The van der Waals surface area contributed by atoms with Crippen molar-refractivity contribution in [1.29, 1.82) is 0 Å². The predicted octanol–water partition coefficient (Wildman–Crippen LogP) is 2.18. The van der Waals surface area contributed by atoms with Crippen molar-refractivity contribution in [1.82, 2.24) is 10.2 Å². The third-order valence-electron chi connectivity index (χ3n) is 4.25. The summed E-state index contributed by atoms with van der Waals surface area (Å²) in [6.45, 7) is 2.89. The van der Waals surface area contributed by atoms with Gasteiger partial charge in [-0.3, -0.25) is 19.3 Å². The van der Waals surface area contributed by atoms with E-state index in [1.54, 1.807) is 18.2 Å².